The molecule has 5 nitrogen and oxygen atoms in total. The van der Waals surface area contributed by atoms with Crippen LogP contribution in [0.25, 0.3) is 77.7 Å². The maximum absolute atomic E-state index is 7.01. The van der Waals surface area contributed by atoms with Gasteiger partial charge in [0.05, 0.1) is 0 Å². The molecule has 69 heavy (non-hydrogen) atoms. The van der Waals surface area contributed by atoms with Crippen LogP contribution in [0.1, 0.15) is 62.8 Å². The van der Waals surface area contributed by atoms with Crippen molar-refractivity contribution in [3.8, 4) is 56.4 Å². The molecule has 1 aliphatic carbocycles. The van der Waals surface area contributed by atoms with Crippen molar-refractivity contribution >= 4 is 32.8 Å². The number of aromatic nitrogens is 4. The van der Waals surface area contributed by atoms with E-state index in [4.69, 9.17) is 9.72 Å². The van der Waals surface area contributed by atoms with Crippen LogP contribution in [0.3, 0.4) is 0 Å². The Labute approximate surface area is 414 Å². The molecule has 1 atom stereocenters. The molecule has 340 valence electrons. The molecule has 0 bridgehead atoms. The first-order valence-electron chi connectivity index (χ1n) is 24.1. The molecule has 1 unspecified atom stereocenters. The third kappa shape index (κ3) is 7.80. The van der Waals surface area contributed by atoms with E-state index in [0.717, 1.165) is 59.4 Å². The van der Waals surface area contributed by atoms with Gasteiger partial charge in [-0.15, -0.1) is 0 Å². The van der Waals surface area contributed by atoms with E-state index in [1.54, 1.807) is 0 Å². The predicted octanol–water partition coefficient (Wildman–Crippen LogP) is 16.4. The second-order valence-electron chi connectivity index (χ2n) is 19.4. The minimum Gasteiger partial charge on any atom is -0.0149 e. The number of pyridine rings is 1. The van der Waals surface area contributed by atoms with Crippen molar-refractivity contribution in [1.82, 2.24) is 18.7 Å². The van der Waals surface area contributed by atoms with Gasteiger partial charge in [-0.2, -0.15) is 0 Å². The number of nitrogens with zero attached hydrogens (tertiary/aromatic N) is 4. The van der Waals surface area contributed by atoms with Crippen molar-refractivity contribution in [1.29, 1.82) is 0 Å². The van der Waals surface area contributed by atoms with Crippen molar-refractivity contribution in [2.45, 2.75) is 57.9 Å². The molecule has 0 spiro atoms. The normalized spacial score (nSPS) is 14.0. The van der Waals surface area contributed by atoms with Crippen molar-refractivity contribution in [3.63, 3.8) is 0 Å². The van der Waals surface area contributed by atoms with Crippen molar-refractivity contribution < 1.29 is 24.1 Å². The zero-order valence-corrected chi connectivity index (χ0v) is 41.3. The zero-order valence-electron chi connectivity index (χ0n) is 39.0. The molecular formula is C63H52N4OPt. The first kappa shape index (κ1) is 43.0. The fourth-order valence-corrected chi connectivity index (χ4v) is 11.8. The predicted molar refractivity (Wildman–Crippen MR) is 280 cm³/mol. The number of hydrogen-bond acceptors (Lipinski definition) is 2. The number of rotatable bonds is 8. The van der Waals surface area contributed by atoms with Crippen LogP contribution in [0, 0.1) is 3.80 Å². The zero-order chi connectivity index (χ0) is 46.6. The Morgan fingerprint density at radius 2 is 1.17 bits per heavy atom. The van der Waals surface area contributed by atoms with E-state index in [1.807, 2.05) is 6.20 Å². The van der Waals surface area contributed by atoms with Gasteiger partial charge < -0.3 is 0 Å². The van der Waals surface area contributed by atoms with E-state index in [1.165, 1.54) is 76.0 Å². The second-order valence-corrected chi connectivity index (χ2v) is 20.4. The number of imidazole rings is 1. The molecule has 12 rings (SSSR count). The molecule has 0 aliphatic heterocycles. The number of para-hydroxylation sites is 3. The summed E-state index contributed by atoms with van der Waals surface area (Å²) in [5, 5.41) is 2.34. The van der Waals surface area contributed by atoms with Gasteiger partial charge in [0.1, 0.15) is 0 Å². The average Bonchev–Trinajstić information content (AvgIpc) is 3.77. The van der Waals surface area contributed by atoms with Crippen LogP contribution < -0.4 is 4.74 Å². The van der Waals surface area contributed by atoms with E-state index >= 15 is 0 Å². The Morgan fingerprint density at radius 1 is 0.522 bits per heavy atom. The van der Waals surface area contributed by atoms with Gasteiger partial charge in [0.15, 0.2) is 0 Å². The van der Waals surface area contributed by atoms with Crippen LogP contribution in [0.15, 0.2) is 206 Å². The van der Waals surface area contributed by atoms with Crippen LogP contribution in [-0.2, 0) is 31.2 Å². The average molecular weight is 1080 g/mol. The molecule has 3 heterocycles. The Balaban J connectivity index is 0.991. The Bertz CT molecular complexity index is 3710. The molecular weight excluding hydrogens is 1020 g/mol. The molecule has 1 aliphatic rings. The van der Waals surface area contributed by atoms with Gasteiger partial charge in [0.25, 0.3) is 0 Å². The van der Waals surface area contributed by atoms with Gasteiger partial charge in [-0.1, -0.05) is 57.2 Å². The third-order valence-electron chi connectivity index (χ3n) is 14.0. The molecule has 0 N–H and O–H groups in total. The summed E-state index contributed by atoms with van der Waals surface area (Å²) >= 11 is 2.61. The molecule has 0 saturated heterocycles. The molecule has 0 fully saturated rings. The minimum atomic E-state index is -0.0303. The van der Waals surface area contributed by atoms with Gasteiger partial charge in [-0.25, -0.2) is 4.98 Å². The van der Waals surface area contributed by atoms with E-state index in [0.29, 0.717) is 0 Å². The minimum absolute atomic E-state index is 0.0303. The van der Waals surface area contributed by atoms with Crippen LogP contribution in [-0.4, -0.2) is 18.7 Å². The number of ether oxygens (including phenoxy) is 1. The second kappa shape index (κ2) is 17.6. The molecule has 0 radical (unpaired) electrons. The van der Waals surface area contributed by atoms with E-state index < -0.39 is 0 Å². The monoisotopic (exact) mass is 1080 g/mol. The molecule has 11 aromatic rings. The van der Waals surface area contributed by atoms with Crippen LogP contribution in [0.5, 0.6) is 11.5 Å². The molecule has 3 aromatic heterocycles. The van der Waals surface area contributed by atoms with Gasteiger partial charge >= 0.3 is 302 Å². The standard InChI is InChI=1S/C63H52N4O.Pt/c1-63(2,3)48-36-37-64-61(39-48)67-57-35-31-47(43-18-7-4-8-19-43)38-55(57)53-34-33-50(41-60(53)67)68-49-32-30-46-24-13-14-27-56(54(46)40-49)65-42-66(59-29-16-15-28-58(59)65)62-51(44-20-9-5-10-21-44)25-17-26-52(62)45-22-11-6-12-23-45;/h4-12,15-23,25-26,28-41,56H,13-14,24,27H2,1-3H3;. The quantitative estimate of drug-likeness (QED) is 0.142. The first-order valence-corrected chi connectivity index (χ1v) is 25.2. The molecule has 0 saturated carbocycles. The Hall–Kier alpha value is -7.33. The molecule has 8 aromatic carbocycles. The van der Waals surface area contributed by atoms with Gasteiger partial charge in [-0.3, -0.25) is 0 Å². The first-order chi connectivity index (χ1) is 33.8. The largest absolute Gasteiger partial charge is 0.0149 e. The topological polar surface area (TPSA) is 36.9 Å². The molecule has 6 heteroatoms. The summed E-state index contributed by atoms with van der Waals surface area (Å²) < 4.78 is 15.6. The summed E-state index contributed by atoms with van der Waals surface area (Å²) in [6, 6.07) is 72.6. The maximum Gasteiger partial charge on any atom is -0.0149 e. The number of hydrogen-bond donors (Lipinski definition) is 0. The summed E-state index contributed by atoms with van der Waals surface area (Å²) in [5.41, 5.74) is 16.8. The van der Waals surface area contributed by atoms with Gasteiger partial charge in [-0.05, 0) is 46.4 Å². The number of fused-ring (bicyclic) bond motifs is 5. The van der Waals surface area contributed by atoms with Crippen molar-refractivity contribution in [2.24, 2.45) is 0 Å². The smallest absolute Gasteiger partial charge is 0.0149 e. The summed E-state index contributed by atoms with van der Waals surface area (Å²) in [6.45, 7) is 6.77. The number of aryl methyl sites for hydroxylation is 1. The summed E-state index contributed by atoms with van der Waals surface area (Å²) in [6.07, 6.45) is 6.28. The van der Waals surface area contributed by atoms with Gasteiger partial charge in [0.2, 0.25) is 0 Å². The van der Waals surface area contributed by atoms with Crippen molar-refractivity contribution in [2.75, 3.05) is 0 Å². The SMILES string of the molecule is CC(C)(C)c1ccnc(-n2c3ccc(-c4ccccc4)cc3c3ccc(Oc4ccc5c(c4)C(n4[c](=[Pt])n(-c6c(-c7ccccc7)cccc6-c6ccccc6)c6ccccc64)CCCC5)cc32)c1. The Morgan fingerprint density at radius 3 is 1.88 bits per heavy atom. The third-order valence-corrected chi connectivity index (χ3v) is 15.1. The molecule has 0 amide bonds. The summed E-state index contributed by atoms with van der Waals surface area (Å²) in [5.74, 6) is 2.52. The van der Waals surface area contributed by atoms with Crippen LogP contribution in [0.4, 0.5) is 0 Å². The fraction of sp³-hybridized carbons (Fsp3) is 0.143. The van der Waals surface area contributed by atoms with Crippen molar-refractivity contribution in [3.05, 3.63) is 227 Å². The van der Waals surface area contributed by atoms with E-state index in [2.05, 4.69) is 254 Å². The summed E-state index contributed by atoms with van der Waals surface area (Å²) in [4.78, 5) is 4.99. The summed E-state index contributed by atoms with van der Waals surface area (Å²) in [7, 11) is 0. The fourth-order valence-electron chi connectivity index (χ4n) is 10.6. The van der Waals surface area contributed by atoms with Crippen LogP contribution >= 0.6 is 0 Å². The van der Waals surface area contributed by atoms with E-state index in [9.17, 15) is 0 Å². The Kier molecular flexibility index (Phi) is 11.0. The van der Waals surface area contributed by atoms with Crippen LogP contribution in [0.2, 0.25) is 0 Å². The number of benzene rings is 8. The van der Waals surface area contributed by atoms with E-state index in [-0.39, 0.29) is 11.5 Å². The van der Waals surface area contributed by atoms with Gasteiger partial charge in [0, 0.05) is 6.20 Å². The maximum atomic E-state index is 7.01.